The topological polar surface area (TPSA) is 89.6 Å². The van der Waals surface area contributed by atoms with Crippen molar-refractivity contribution in [2.75, 3.05) is 12.4 Å². The minimum Gasteiger partial charge on any atom is -0.357 e. The molecule has 3 aromatic heterocycles. The van der Waals surface area contributed by atoms with E-state index in [9.17, 15) is 0 Å². The molecular weight excluding hydrogens is 304 g/mol. The number of nitrogens with zero attached hydrogens (tertiary/aromatic N) is 5. The summed E-state index contributed by atoms with van der Waals surface area (Å²) in [6.45, 7) is 6.00. The van der Waals surface area contributed by atoms with Crippen LogP contribution in [-0.4, -0.2) is 32.1 Å². The van der Waals surface area contributed by atoms with Crippen molar-refractivity contribution in [1.82, 2.24) is 25.1 Å². The highest BCUT2D eigenvalue weighted by molar-refractivity contribution is 5.59. The van der Waals surface area contributed by atoms with Gasteiger partial charge in [-0.15, -0.1) is 0 Å². The average molecular weight is 324 g/mol. The summed E-state index contributed by atoms with van der Waals surface area (Å²) in [7, 11) is 1.79. The quantitative estimate of drug-likeness (QED) is 0.770. The molecule has 3 rings (SSSR count). The lowest BCUT2D eigenvalue weighted by Gasteiger charge is -2.04. The summed E-state index contributed by atoms with van der Waals surface area (Å²) < 4.78 is 5.42. The summed E-state index contributed by atoms with van der Waals surface area (Å²) in [5.74, 6) is 1.46. The molecule has 0 atom stereocenters. The lowest BCUT2D eigenvalue weighted by molar-refractivity contribution is 0.431. The van der Waals surface area contributed by atoms with Crippen molar-refractivity contribution in [3.63, 3.8) is 0 Å². The Kier molecular flexibility index (Phi) is 4.50. The molecule has 124 valence electrons. The number of hydrogen-bond acceptors (Lipinski definition) is 7. The van der Waals surface area contributed by atoms with Crippen molar-refractivity contribution in [2.45, 2.75) is 33.6 Å². The number of pyridine rings is 1. The second-order valence-electron chi connectivity index (χ2n) is 5.63. The van der Waals surface area contributed by atoms with Gasteiger partial charge in [-0.25, -0.2) is 9.97 Å². The molecule has 0 amide bonds. The zero-order valence-electron chi connectivity index (χ0n) is 14.3. The third kappa shape index (κ3) is 3.40. The Morgan fingerprint density at radius 1 is 1.00 bits per heavy atom. The molecule has 0 aliphatic heterocycles. The fourth-order valence-electron chi connectivity index (χ4n) is 2.51. The molecule has 7 heteroatoms. The van der Waals surface area contributed by atoms with E-state index in [1.807, 2.05) is 32.0 Å². The molecule has 0 aliphatic carbocycles. The fourth-order valence-corrected chi connectivity index (χ4v) is 2.51. The molecule has 3 aromatic rings. The van der Waals surface area contributed by atoms with Gasteiger partial charge >= 0.3 is 0 Å². The number of nitrogens with one attached hydrogen (secondary N) is 1. The monoisotopic (exact) mass is 324 g/mol. The standard InChI is InChI=1S/C17H20N6O/c1-5-6-13-9-14(21-17(18-4)20-13)16-22-15(23-24-16)12-7-10(2)19-11(3)8-12/h7-9H,5-6H2,1-4H3,(H,18,20,21). The molecular formula is C17H20N6O. The first-order chi connectivity index (χ1) is 11.6. The van der Waals surface area contributed by atoms with Crippen LogP contribution in [0.2, 0.25) is 0 Å². The van der Waals surface area contributed by atoms with Crippen LogP contribution >= 0.6 is 0 Å². The van der Waals surface area contributed by atoms with E-state index in [2.05, 4.69) is 37.3 Å². The van der Waals surface area contributed by atoms with E-state index in [4.69, 9.17) is 4.52 Å². The summed E-state index contributed by atoms with van der Waals surface area (Å²) in [5.41, 5.74) is 4.29. The van der Waals surface area contributed by atoms with Crippen molar-refractivity contribution in [3.05, 3.63) is 35.3 Å². The number of hydrogen-bond donors (Lipinski definition) is 1. The minimum atomic E-state index is 0.383. The summed E-state index contributed by atoms with van der Waals surface area (Å²) in [6.07, 6.45) is 1.87. The van der Waals surface area contributed by atoms with E-state index in [-0.39, 0.29) is 0 Å². The number of aromatic nitrogens is 5. The van der Waals surface area contributed by atoms with Gasteiger partial charge in [0.25, 0.3) is 5.89 Å². The van der Waals surface area contributed by atoms with Gasteiger partial charge in [0.2, 0.25) is 11.8 Å². The van der Waals surface area contributed by atoms with Gasteiger partial charge in [0.15, 0.2) is 0 Å². The van der Waals surface area contributed by atoms with Crippen LogP contribution < -0.4 is 5.32 Å². The zero-order valence-corrected chi connectivity index (χ0v) is 14.3. The van der Waals surface area contributed by atoms with E-state index in [1.54, 1.807) is 7.05 Å². The van der Waals surface area contributed by atoms with Gasteiger partial charge in [-0.05, 0) is 38.5 Å². The largest absolute Gasteiger partial charge is 0.357 e. The van der Waals surface area contributed by atoms with Crippen LogP contribution in [0.15, 0.2) is 22.7 Å². The van der Waals surface area contributed by atoms with Crippen LogP contribution in [0.1, 0.15) is 30.4 Å². The molecule has 24 heavy (non-hydrogen) atoms. The first-order valence-corrected chi connectivity index (χ1v) is 7.94. The van der Waals surface area contributed by atoms with Gasteiger partial charge in [-0.2, -0.15) is 4.98 Å². The Balaban J connectivity index is 1.99. The lowest BCUT2D eigenvalue weighted by Crippen LogP contribution is -2.01. The van der Waals surface area contributed by atoms with Gasteiger partial charge in [0.1, 0.15) is 5.69 Å². The smallest absolute Gasteiger partial charge is 0.277 e. The number of aryl methyl sites for hydroxylation is 3. The van der Waals surface area contributed by atoms with Gasteiger partial charge < -0.3 is 9.84 Å². The van der Waals surface area contributed by atoms with Crippen LogP contribution in [-0.2, 0) is 6.42 Å². The van der Waals surface area contributed by atoms with Crippen molar-refractivity contribution in [1.29, 1.82) is 0 Å². The average Bonchev–Trinajstić information content (AvgIpc) is 3.04. The highest BCUT2D eigenvalue weighted by Gasteiger charge is 2.15. The van der Waals surface area contributed by atoms with Gasteiger partial charge in [-0.1, -0.05) is 18.5 Å². The molecule has 0 radical (unpaired) electrons. The molecule has 0 bridgehead atoms. The predicted octanol–water partition coefficient (Wildman–Crippen LogP) is 3.20. The molecule has 1 N–H and O–H groups in total. The number of rotatable bonds is 5. The van der Waals surface area contributed by atoms with Crippen LogP contribution in [0.25, 0.3) is 23.0 Å². The Labute approximate surface area is 140 Å². The van der Waals surface area contributed by atoms with E-state index in [0.29, 0.717) is 23.4 Å². The maximum atomic E-state index is 5.42. The molecule has 0 aromatic carbocycles. The minimum absolute atomic E-state index is 0.383. The zero-order chi connectivity index (χ0) is 17.1. The Morgan fingerprint density at radius 3 is 2.42 bits per heavy atom. The third-order valence-corrected chi connectivity index (χ3v) is 3.49. The van der Waals surface area contributed by atoms with Crippen molar-refractivity contribution in [3.8, 4) is 23.0 Å². The highest BCUT2D eigenvalue weighted by atomic mass is 16.5. The highest BCUT2D eigenvalue weighted by Crippen LogP contribution is 2.23. The van der Waals surface area contributed by atoms with E-state index in [0.717, 1.165) is 35.5 Å². The predicted molar refractivity (Wildman–Crippen MR) is 91.6 cm³/mol. The van der Waals surface area contributed by atoms with Crippen LogP contribution in [0.4, 0.5) is 5.95 Å². The maximum absolute atomic E-state index is 5.42. The molecule has 0 spiro atoms. The summed E-state index contributed by atoms with van der Waals surface area (Å²) in [6, 6.07) is 5.76. The van der Waals surface area contributed by atoms with Crippen LogP contribution in [0.3, 0.4) is 0 Å². The van der Waals surface area contributed by atoms with E-state index >= 15 is 0 Å². The van der Waals surface area contributed by atoms with Crippen LogP contribution in [0.5, 0.6) is 0 Å². The second kappa shape index (κ2) is 6.74. The molecule has 0 fully saturated rings. The summed E-state index contributed by atoms with van der Waals surface area (Å²) in [5, 5.41) is 7.05. The molecule has 0 saturated carbocycles. The molecule has 0 saturated heterocycles. The summed E-state index contributed by atoms with van der Waals surface area (Å²) in [4.78, 5) is 17.7. The first-order valence-electron chi connectivity index (χ1n) is 7.94. The van der Waals surface area contributed by atoms with Gasteiger partial charge in [-0.3, -0.25) is 4.98 Å². The van der Waals surface area contributed by atoms with Crippen molar-refractivity contribution >= 4 is 5.95 Å². The molecule has 0 aliphatic rings. The van der Waals surface area contributed by atoms with Gasteiger partial charge in [0.05, 0.1) is 0 Å². The fraction of sp³-hybridized carbons (Fsp3) is 0.353. The van der Waals surface area contributed by atoms with Gasteiger partial charge in [0, 0.05) is 29.7 Å². The Bertz CT molecular complexity index is 838. The number of anilines is 1. The van der Waals surface area contributed by atoms with Crippen LogP contribution in [0, 0.1) is 13.8 Å². The second-order valence-corrected chi connectivity index (χ2v) is 5.63. The lowest BCUT2D eigenvalue weighted by atomic mass is 10.2. The molecule has 3 heterocycles. The Morgan fingerprint density at radius 2 is 1.75 bits per heavy atom. The first kappa shape index (κ1) is 16.0. The van der Waals surface area contributed by atoms with Crippen molar-refractivity contribution < 1.29 is 4.52 Å². The SMILES string of the molecule is CCCc1cc(-c2nc(-c3cc(C)nc(C)c3)no2)nc(NC)n1. The van der Waals surface area contributed by atoms with E-state index < -0.39 is 0 Å². The van der Waals surface area contributed by atoms with E-state index in [1.165, 1.54) is 0 Å². The third-order valence-electron chi connectivity index (χ3n) is 3.49. The molecule has 7 nitrogen and oxygen atoms in total. The normalized spacial score (nSPS) is 10.8. The summed E-state index contributed by atoms with van der Waals surface area (Å²) >= 11 is 0. The van der Waals surface area contributed by atoms with Crippen molar-refractivity contribution in [2.24, 2.45) is 0 Å². The maximum Gasteiger partial charge on any atom is 0.277 e. The molecule has 0 unspecified atom stereocenters. The Hall–Kier alpha value is -2.83.